The van der Waals surface area contributed by atoms with Crippen LogP contribution in [0.1, 0.15) is 41.2 Å². The number of aryl methyl sites for hydroxylation is 2. The molecule has 0 bridgehead atoms. The van der Waals surface area contributed by atoms with Crippen molar-refractivity contribution in [3.05, 3.63) is 113 Å². The molecular weight excluding hydrogens is 424 g/mol. The molecule has 5 heteroatoms. The lowest BCUT2D eigenvalue weighted by Crippen LogP contribution is -2.33. The number of benzene rings is 3. The molecule has 1 aliphatic carbocycles. The van der Waals surface area contributed by atoms with E-state index in [1.165, 1.54) is 17.3 Å². The topological polar surface area (TPSA) is 68.4 Å². The number of nitrogens with zero attached hydrogens (tertiary/aromatic N) is 1. The Bertz CT molecular complexity index is 1230. The molecule has 0 unspecified atom stereocenters. The maximum absolute atomic E-state index is 12.7. The number of aliphatic hydroxyl groups excluding tert-OH is 1. The predicted molar refractivity (Wildman–Crippen MR) is 134 cm³/mol. The molecule has 4 aromatic rings. The second kappa shape index (κ2) is 10.2. The molecule has 0 aliphatic heterocycles. The predicted octanol–water partition coefficient (Wildman–Crippen LogP) is 4.62. The molecule has 1 atom stereocenters. The van der Waals surface area contributed by atoms with Gasteiger partial charge in [0.05, 0.1) is 11.5 Å². The van der Waals surface area contributed by atoms with E-state index in [2.05, 4.69) is 29.6 Å². The second-order valence-corrected chi connectivity index (χ2v) is 8.99. The van der Waals surface area contributed by atoms with Gasteiger partial charge in [0.25, 0.3) is 5.52 Å². The minimum absolute atomic E-state index is 0.353. The molecular formula is C29H30N2O3. The van der Waals surface area contributed by atoms with Gasteiger partial charge >= 0.3 is 0 Å². The lowest BCUT2D eigenvalue weighted by Gasteiger charge is -2.20. The number of hydrogen-bond donors (Lipinski definition) is 2. The summed E-state index contributed by atoms with van der Waals surface area (Å²) in [6.07, 6.45) is 4.95. The summed E-state index contributed by atoms with van der Waals surface area (Å²) < 4.78 is 6.82. The zero-order valence-electron chi connectivity index (χ0n) is 19.2. The van der Waals surface area contributed by atoms with Gasteiger partial charge in [0, 0.05) is 18.7 Å². The molecule has 0 saturated carbocycles. The molecule has 0 radical (unpaired) electrons. The van der Waals surface area contributed by atoms with E-state index in [9.17, 15) is 10.3 Å². The van der Waals surface area contributed by atoms with E-state index in [4.69, 9.17) is 4.74 Å². The molecule has 1 aromatic heterocycles. The Labute approximate surface area is 200 Å². The van der Waals surface area contributed by atoms with Gasteiger partial charge in [-0.2, -0.15) is 4.73 Å². The van der Waals surface area contributed by atoms with E-state index in [0.29, 0.717) is 35.8 Å². The average molecular weight is 455 g/mol. The van der Waals surface area contributed by atoms with Gasteiger partial charge in [-0.3, -0.25) is 0 Å². The van der Waals surface area contributed by atoms with Crippen LogP contribution in [0.25, 0.3) is 10.9 Å². The van der Waals surface area contributed by atoms with Crippen LogP contribution >= 0.6 is 0 Å². The normalized spacial score (nSPS) is 15.0. The van der Waals surface area contributed by atoms with Gasteiger partial charge < -0.3 is 20.4 Å². The van der Waals surface area contributed by atoms with E-state index >= 15 is 0 Å². The summed E-state index contributed by atoms with van der Waals surface area (Å²) in [6, 6.07) is 26.1. The molecule has 0 spiro atoms. The van der Waals surface area contributed by atoms with Gasteiger partial charge in [0.15, 0.2) is 11.9 Å². The third-order valence-electron chi connectivity index (χ3n) is 6.76. The van der Waals surface area contributed by atoms with E-state index in [1.807, 2.05) is 42.5 Å². The number of ether oxygens (including phenoxy) is 1. The van der Waals surface area contributed by atoms with Crippen molar-refractivity contribution in [3.8, 4) is 5.75 Å². The number of pyridine rings is 1. The highest BCUT2D eigenvalue weighted by molar-refractivity contribution is 5.85. The third kappa shape index (κ3) is 4.91. The Balaban J connectivity index is 1.30. The minimum Gasteiger partial charge on any atom is -0.618 e. The quantitative estimate of drug-likeness (QED) is 0.243. The molecule has 0 amide bonds. The fourth-order valence-corrected chi connectivity index (χ4v) is 4.88. The molecule has 0 saturated heterocycles. The van der Waals surface area contributed by atoms with Crippen LogP contribution < -0.4 is 14.8 Å². The van der Waals surface area contributed by atoms with Crippen LogP contribution in [0.15, 0.2) is 85.1 Å². The summed E-state index contributed by atoms with van der Waals surface area (Å²) in [5, 5.41) is 28.0. The summed E-state index contributed by atoms with van der Waals surface area (Å²) in [4.78, 5) is 0. The van der Waals surface area contributed by atoms with Gasteiger partial charge in [-0.15, -0.1) is 0 Å². The molecule has 0 fully saturated rings. The van der Waals surface area contributed by atoms with E-state index < -0.39 is 6.10 Å². The highest BCUT2D eigenvalue weighted by Crippen LogP contribution is 2.30. The lowest BCUT2D eigenvalue weighted by atomic mass is 10.0. The van der Waals surface area contributed by atoms with Crippen molar-refractivity contribution >= 4 is 10.9 Å². The van der Waals surface area contributed by atoms with Crippen molar-refractivity contribution in [2.24, 2.45) is 0 Å². The van der Waals surface area contributed by atoms with Crippen LogP contribution in [0.2, 0.25) is 0 Å². The first-order valence-electron chi connectivity index (χ1n) is 12.0. The van der Waals surface area contributed by atoms with Crippen molar-refractivity contribution < 1.29 is 14.6 Å². The number of rotatable bonds is 7. The fourth-order valence-electron chi connectivity index (χ4n) is 4.88. The van der Waals surface area contributed by atoms with Crippen molar-refractivity contribution in [2.75, 3.05) is 6.54 Å². The zero-order valence-corrected chi connectivity index (χ0v) is 19.2. The van der Waals surface area contributed by atoms with Crippen LogP contribution in [0.4, 0.5) is 0 Å². The van der Waals surface area contributed by atoms with Gasteiger partial charge in [-0.25, -0.2) is 0 Å². The summed E-state index contributed by atoms with van der Waals surface area (Å²) in [7, 11) is 0. The molecule has 1 aliphatic rings. The average Bonchev–Trinajstić information content (AvgIpc) is 3.09. The van der Waals surface area contributed by atoms with Crippen LogP contribution in [0, 0.1) is 5.21 Å². The van der Waals surface area contributed by atoms with Crippen molar-refractivity contribution in [1.29, 1.82) is 0 Å². The Kier molecular flexibility index (Phi) is 6.74. The summed E-state index contributed by atoms with van der Waals surface area (Å²) >= 11 is 0. The van der Waals surface area contributed by atoms with Crippen molar-refractivity contribution in [2.45, 2.75) is 44.4 Å². The van der Waals surface area contributed by atoms with Gasteiger partial charge in [0.1, 0.15) is 6.61 Å². The largest absolute Gasteiger partial charge is 0.618 e. The Morgan fingerprint density at radius 3 is 2.35 bits per heavy atom. The standard InChI is InChI=1S/C29H30N2O3/c32-27(19-30-24-14-12-22-9-4-5-10-23(22)13-15-24)25-16-17-28(29-26(25)11-6-18-31(29)33)34-20-21-7-2-1-3-8-21/h1-11,16-18,24,27,30,32H,12-15,19-20H2/t27-/m0/s1. The van der Waals surface area contributed by atoms with E-state index in [-0.39, 0.29) is 0 Å². The maximum Gasteiger partial charge on any atom is 0.266 e. The smallest absolute Gasteiger partial charge is 0.266 e. The number of nitrogens with one attached hydrogen (secondary N) is 1. The zero-order chi connectivity index (χ0) is 23.3. The van der Waals surface area contributed by atoms with E-state index in [0.717, 1.165) is 41.5 Å². The van der Waals surface area contributed by atoms with Crippen LogP contribution in [0.3, 0.4) is 0 Å². The summed E-state index contributed by atoms with van der Waals surface area (Å²) in [5.74, 6) is 0.514. The molecule has 5 nitrogen and oxygen atoms in total. The number of fused-ring (bicyclic) bond motifs is 2. The number of aromatic nitrogens is 1. The Morgan fingerprint density at radius 1 is 0.912 bits per heavy atom. The monoisotopic (exact) mass is 454 g/mol. The third-order valence-corrected chi connectivity index (χ3v) is 6.76. The number of hydrogen-bond acceptors (Lipinski definition) is 4. The number of aliphatic hydroxyl groups is 1. The van der Waals surface area contributed by atoms with Crippen LogP contribution in [0.5, 0.6) is 5.75 Å². The Morgan fingerprint density at radius 2 is 1.62 bits per heavy atom. The Hall–Kier alpha value is -3.41. The van der Waals surface area contributed by atoms with Gasteiger partial charge in [-0.1, -0.05) is 60.7 Å². The molecule has 1 heterocycles. The maximum atomic E-state index is 12.7. The first-order chi connectivity index (χ1) is 16.7. The first kappa shape index (κ1) is 22.4. The summed E-state index contributed by atoms with van der Waals surface area (Å²) in [5.41, 5.74) is 5.08. The molecule has 3 aromatic carbocycles. The van der Waals surface area contributed by atoms with Crippen LogP contribution in [-0.2, 0) is 19.4 Å². The summed E-state index contributed by atoms with van der Waals surface area (Å²) in [6.45, 7) is 0.812. The van der Waals surface area contributed by atoms with Crippen molar-refractivity contribution in [3.63, 3.8) is 0 Å². The minimum atomic E-state index is -0.723. The second-order valence-electron chi connectivity index (χ2n) is 8.99. The van der Waals surface area contributed by atoms with Crippen molar-refractivity contribution in [1.82, 2.24) is 5.32 Å². The highest BCUT2D eigenvalue weighted by atomic mass is 16.5. The molecule has 5 rings (SSSR count). The van der Waals surface area contributed by atoms with Crippen LogP contribution in [-0.4, -0.2) is 17.7 Å². The SMILES string of the molecule is [O-][n+]1cccc2c([C@@H](O)CNC3CCc4ccccc4CC3)ccc(OCc3ccccc3)c21. The fraction of sp³-hybridized carbons (Fsp3) is 0.276. The van der Waals surface area contributed by atoms with Gasteiger partial charge in [-0.05, 0) is 60.1 Å². The highest BCUT2D eigenvalue weighted by Gasteiger charge is 2.21. The lowest BCUT2D eigenvalue weighted by molar-refractivity contribution is -0.577. The molecule has 174 valence electrons. The molecule has 2 N–H and O–H groups in total. The first-order valence-corrected chi connectivity index (χ1v) is 12.0. The molecule has 34 heavy (non-hydrogen) atoms. The van der Waals surface area contributed by atoms with Gasteiger partial charge in [0.2, 0.25) is 0 Å². The van der Waals surface area contributed by atoms with E-state index in [1.54, 1.807) is 12.1 Å².